The molecule has 6 aromatic rings. The average molecular weight is 1670 g/mol. The molecule has 4 amide bonds. The molecular weight excluding hydrogens is 1570 g/mol. The van der Waals surface area contributed by atoms with Crippen molar-refractivity contribution in [3.05, 3.63) is 212 Å². The van der Waals surface area contributed by atoms with Crippen LogP contribution >= 0.6 is 0 Å². The van der Waals surface area contributed by atoms with Crippen molar-refractivity contribution in [3.8, 4) is 0 Å². The number of nitrogens with zero attached hydrogens (tertiary/aromatic N) is 6. The van der Waals surface area contributed by atoms with Gasteiger partial charge in [-0.05, 0) is 209 Å². The van der Waals surface area contributed by atoms with Crippen molar-refractivity contribution < 1.29 is 103 Å². The van der Waals surface area contributed by atoms with Crippen LogP contribution in [0, 0.1) is 34.0 Å². The fraction of sp³-hybridized carbons (Fsp3) is 0.484. The van der Waals surface area contributed by atoms with E-state index in [-0.39, 0.29) is 99.6 Å². The van der Waals surface area contributed by atoms with Crippen LogP contribution in [0.3, 0.4) is 0 Å². The topological polar surface area (TPSA) is 275 Å². The lowest BCUT2D eigenvalue weighted by Gasteiger charge is -2.46. The van der Waals surface area contributed by atoms with Gasteiger partial charge in [0.1, 0.15) is 45.3 Å². The molecule has 3 heterocycles. The monoisotopic (exact) mass is 1670 g/mol. The molecule has 0 aromatic heterocycles. The van der Waals surface area contributed by atoms with E-state index in [9.17, 15) is 88.1 Å². The van der Waals surface area contributed by atoms with Crippen molar-refractivity contribution in [3.63, 3.8) is 0 Å². The molecule has 20 nitrogen and oxygen atoms in total. The highest BCUT2D eigenvalue weighted by atomic mass is 19.4. The molecule has 6 aliphatic rings. The molecule has 0 saturated heterocycles. The number of rotatable bonds is 18. The van der Waals surface area contributed by atoms with Gasteiger partial charge in [-0.3, -0.25) is 43.7 Å². The molecule has 2 atom stereocenters. The van der Waals surface area contributed by atoms with Gasteiger partial charge in [0.05, 0.1) is 68.1 Å². The standard InChI is InChI=1S/C32H38F3N3O5.C30H35F3N2O4.C29H31F3N2O4/c1-29(2,3)22-12-15-31(16-13-22)37-26(21-6-5-7-24(18-21)32(33,34)35)28(42)38(31)19-30(4,43)23-10-8-20(9-11-23)27(41)36-17-14-25(39)40;1-27(2,3)21-13-15-29(16-14-21)34-24(20-7-6-8-23(17-20)30(31,32)33)25(36)35(29)18-28(4,38)22-11-9-19(10-12-22)26(37)39-5;1-27(2,3)21-12-14-28(15-13-21)33-24(20-6-5-7-22(16-20)29(30,31)32)25(36)34(28)17-23(35)18-8-10-19(11-9-18)26(37)38-4/h5-11,18,22,43H,12-17,19H2,1-4H3,(H,36,41)(H,39,40);6-12,17,21,38H,13-16,18H2,1-5H3;5-11,16,21H,12-15,17H2,1-4H3. The summed E-state index contributed by atoms with van der Waals surface area (Å²) in [6, 6.07) is 32.2. The average Bonchev–Trinajstić information content (AvgIpc) is 1.59. The number of benzene rings is 6. The highest BCUT2D eigenvalue weighted by Crippen LogP contribution is 2.52. The molecule has 29 heteroatoms. The Morgan fingerprint density at radius 1 is 0.417 bits per heavy atom. The van der Waals surface area contributed by atoms with Crippen LogP contribution in [0.4, 0.5) is 39.5 Å². The summed E-state index contributed by atoms with van der Waals surface area (Å²) in [7, 11) is 2.54. The summed E-state index contributed by atoms with van der Waals surface area (Å²) in [5.41, 5.74) is -6.26. The number of carboxylic acid groups (broad SMARTS) is 1. The lowest BCUT2D eigenvalue weighted by atomic mass is 9.69. The van der Waals surface area contributed by atoms with Gasteiger partial charge in [-0.15, -0.1) is 0 Å². The summed E-state index contributed by atoms with van der Waals surface area (Å²) in [6.45, 7) is 22.0. The van der Waals surface area contributed by atoms with Gasteiger partial charge in [-0.1, -0.05) is 135 Å². The minimum atomic E-state index is -4.58. The van der Waals surface area contributed by atoms with Crippen molar-refractivity contribution in [2.75, 3.05) is 40.4 Å². The summed E-state index contributed by atoms with van der Waals surface area (Å²) in [5.74, 6) is -3.33. The van der Waals surface area contributed by atoms with Crippen LogP contribution in [-0.4, -0.2) is 152 Å². The minimum absolute atomic E-state index is 0.0212. The Kier molecular flexibility index (Phi) is 26.8. The highest BCUT2D eigenvalue weighted by Gasteiger charge is 2.56. The first-order chi connectivity index (χ1) is 55.7. The van der Waals surface area contributed by atoms with E-state index in [2.05, 4.69) is 72.4 Å². The fourth-order valence-corrected chi connectivity index (χ4v) is 17.0. The maximum Gasteiger partial charge on any atom is 0.416 e. The first-order valence-electron chi connectivity index (χ1n) is 40.0. The van der Waals surface area contributed by atoms with E-state index in [1.807, 2.05) is 0 Å². The lowest BCUT2D eigenvalue weighted by Crippen LogP contribution is -2.54. The molecule has 3 spiro atoms. The third-order valence-corrected chi connectivity index (χ3v) is 24.4. The lowest BCUT2D eigenvalue weighted by molar-refractivity contribution is -0.138. The summed E-state index contributed by atoms with van der Waals surface area (Å²) in [4.78, 5) is 120. The Morgan fingerprint density at radius 3 is 0.992 bits per heavy atom. The van der Waals surface area contributed by atoms with Crippen molar-refractivity contribution in [2.24, 2.45) is 49.0 Å². The van der Waals surface area contributed by atoms with Crippen molar-refractivity contribution in [2.45, 2.75) is 206 Å². The molecular formula is C91H104F9N7O13. The summed E-state index contributed by atoms with van der Waals surface area (Å²) in [5, 5.41) is 34.5. The number of Topliss-reactive ketones (excluding diaryl/α,β-unsaturated/α-hetero) is 1. The number of carbonyl (C=O) groups excluding carboxylic acids is 7. The second kappa shape index (κ2) is 35.0. The number of ether oxygens (including phenoxy) is 2. The van der Waals surface area contributed by atoms with Gasteiger partial charge in [-0.25, -0.2) is 9.59 Å². The number of esters is 2. The molecule has 120 heavy (non-hydrogen) atoms. The Morgan fingerprint density at radius 2 is 0.700 bits per heavy atom. The summed E-state index contributed by atoms with van der Waals surface area (Å²) >= 11 is 0. The number of carboxylic acids is 1. The zero-order chi connectivity index (χ0) is 88.5. The summed E-state index contributed by atoms with van der Waals surface area (Å²) < 4.78 is 130. The van der Waals surface area contributed by atoms with E-state index < -0.39 is 105 Å². The van der Waals surface area contributed by atoms with Gasteiger partial charge in [0, 0.05) is 34.4 Å². The first kappa shape index (κ1) is 91.9. The number of alkyl halides is 9. The van der Waals surface area contributed by atoms with Gasteiger partial charge >= 0.3 is 36.4 Å². The predicted molar refractivity (Wildman–Crippen MR) is 432 cm³/mol. The molecule has 6 aromatic carbocycles. The van der Waals surface area contributed by atoms with Crippen LogP contribution in [-0.2, 0) is 58.4 Å². The fourth-order valence-electron chi connectivity index (χ4n) is 17.0. The van der Waals surface area contributed by atoms with Gasteiger partial charge < -0.3 is 44.8 Å². The predicted octanol–water partition coefficient (Wildman–Crippen LogP) is 17.3. The second-order valence-electron chi connectivity index (χ2n) is 35.7. The van der Waals surface area contributed by atoms with Crippen molar-refractivity contribution in [1.82, 2.24) is 20.0 Å². The molecule has 3 fully saturated rings. The number of aliphatic hydroxyl groups is 2. The summed E-state index contributed by atoms with van der Waals surface area (Å²) in [6.07, 6.45) is -6.13. The van der Waals surface area contributed by atoms with Crippen LogP contribution in [0.25, 0.3) is 0 Å². The maximum absolute atomic E-state index is 13.9. The van der Waals surface area contributed by atoms with E-state index >= 15 is 0 Å². The van der Waals surface area contributed by atoms with E-state index in [0.29, 0.717) is 78.5 Å². The quantitative estimate of drug-likeness (QED) is 0.0354. The zero-order valence-electron chi connectivity index (χ0n) is 69.6. The van der Waals surface area contributed by atoms with E-state index in [1.54, 1.807) is 38.1 Å². The van der Waals surface area contributed by atoms with Gasteiger partial charge in [-0.2, -0.15) is 39.5 Å². The molecule has 4 N–H and O–H groups in total. The van der Waals surface area contributed by atoms with Crippen LogP contribution in [0.2, 0.25) is 0 Å². The Labute approximate surface area is 692 Å². The van der Waals surface area contributed by atoms with Gasteiger partial charge in [0.2, 0.25) is 0 Å². The SMILES string of the molecule is CC(O)(CN1C(=O)C(c2cccc(C(F)(F)F)c2)=NC12CCC(C(C)(C)C)CC2)c1ccc(C(=O)NCCC(=O)O)cc1.COC(=O)c1ccc(C(=O)CN2C(=O)C(c3cccc(C(F)(F)F)c3)=NC23CCC(C(C)(C)C)CC3)cc1.COC(=O)c1ccc(C(C)(O)CN2C(=O)C(c3cccc(C(F)(F)F)c3)=NC23CCC(C(C)(C)C)CC3)cc1. The second-order valence-corrected chi connectivity index (χ2v) is 35.7. The largest absolute Gasteiger partial charge is 0.481 e. The number of methoxy groups -OCH3 is 2. The highest BCUT2D eigenvalue weighted by molar-refractivity contribution is 6.48. The van der Waals surface area contributed by atoms with Gasteiger partial charge in [0.25, 0.3) is 23.6 Å². The Bertz CT molecular complexity index is 4910. The number of halogens is 9. The number of β-amino-alcohol motifs (C(OH)–C–C–N with tert-alkyl or cyclic N) is 2. The number of aliphatic carboxylic acids is 1. The molecule has 0 bridgehead atoms. The first-order valence-corrected chi connectivity index (χ1v) is 40.0. The van der Waals surface area contributed by atoms with E-state index in [1.165, 1.54) is 114 Å². The van der Waals surface area contributed by atoms with Crippen molar-refractivity contribution in [1.29, 1.82) is 0 Å². The number of ketones is 1. The smallest absolute Gasteiger partial charge is 0.416 e. The molecule has 0 radical (unpaired) electrons. The van der Waals surface area contributed by atoms with Crippen LogP contribution in [0.5, 0.6) is 0 Å². The van der Waals surface area contributed by atoms with Gasteiger partial charge in [0.15, 0.2) is 5.78 Å². The number of hydrogen-bond donors (Lipinski definition) is 4. The minimum Gasteiger partial charge on any atom is -0.481 e. The number of aliphatic imine (C=N–C) groups is 3. The molecule has 2 unspecified atom stereocenters. The number of nitrogens with one attached hydrogen (secondary N) is 1. The Hall–Kier alpha value is -10.4. The molecule has 644 valence electrons. The van der Waals surface area contributed by atoms with Crippen molar-refractivity contribution >= 4 is 64.5 Å². The molecule has 3 aliphatic carbocycles. The molecule has 12 rings (SSSR count). The van der Waals surface area contributed by atoms with E-state index in [4.69, 9.17) is 24.8 Å². The normalized spacial score (nSPS) is 22.6. The zero-order valence-corrected chi connectivity index (χ0v) is 69.6. The number of hydrogen-bond acceptors (Lipinski definition) is 15. The third kappa shape index (κ3) is 20.8. The Balaban J connectivity index is 0.000000190. The van der Waals surface area contributed by atoms with Crippen LogP contribution in [0.15, 0.2) is 161 Å². The van der Waals surface area contributed by atoms with Crippen LogP contribution < -0.4 is 5.32 Å². The van der Waals surface area contributed by atoms with Crippen LogP contribution in [0.1, 0.15) is 246 Å². The molecule has 3 saturated carbocycles. The van der Waals surface area contributed by atoms with E-state index in [0.717, 1.165) is 74.9 Å². The third-order valence-electron chi connectivity index (χ3n) is 24.4. The maximum atomic E-state index is 13.9. The number of amides is 4. The number of carbonyl (C=O) groups is 8. The molecule has 3 aliphatic heterocycles.